The van der Waals surface area contributed by atoms with Crippen molar-refractivity contribution in [1.29, 1.82) is 0 Å². The molecule has 0 radical (unpaired) electrons. The Morgan fingerprint density at radius 1 is 1.44 bits per heavy atom. The van der Waals surface area contributed by atoms with Gasteiger partial charge in [-0.25, -0.2) is 4.79 Å². The second-order valence-electron chi connectivity index (χ2n) is 3.61. The number of rotatable bonds is 5. The first-order valence-corrected chi connectivity index (χ1v) is 5.55. The van der Waals surface area contributed by atoms with Crippen LogP contribution in [0.25, 0.3) is 0 Å². The maximum absolute atomic E-state index is 11.1. The third kappa shape index (κ3) is 4.07. The van der Waals surface area contributed by atoms with Crippen LogP contribution in [0.15, 0.2) is 36.4 Å². The van der Waals surface area contributed by atoms with Gasteiger partial charge in [0.2, 0.25) is 0 Å². The van der Waals surface area contributed by atoms with Crippen LogP contribution in [0.5, 0.6) is 0 Å². The zero-order valence-corrected chi connectivity index (χ0v) is 10.1. The number of aryl methyl sites for hydroxylation is 1. The predicted molar refractivity (Wildman–Crippen MR) is 65.5 cm³/mol. The summed E-state index contributed by atoms with van der Waals surface area (Å²) in [5, 5.41) is 0.758. The Labute approximate surface area is 101 Å². The van der Waals surface area contributed by atoms with E-state index in [1.54, 1.807) is 6.92 Å². The maximum Gasteiger partial charge on any atom is 0.333 e. The molecular weight excluding hydrogens is 224 g/mol. The number of halogens is 1. The summed E-state index contributed by atoms with van der Waals surface area (Å²) in [7, 11) is 0. The van der Waals surface area contributed by atoms with Crippen molar-refractivity contribution in [3.8, 4) is 0 Å². The molecule has 0 saturated carbocycles. The van der Waals surface area contributed by atoms with E-state index in [4.69, 9.17) is 16.3 Å². The predicted octanol–water partition coefficient (Wildman–Crippen LogP) is 3.39. The monoisotopic (exact) mass is 238 g/mol. The fourth-order valence-electron chi connectivity index (χ4n) is 1.25. The van der Waals surface area contributed by atoms with Crippen molar-refractivity contribution < 1.29 is 9.53 Å². The van der Waals surface area contributed by atoms with Crippen LogP contribution in [-0.4, -0.2) is 12.6 Å². The molecule has 0 spiro atoms. The van der Waals surface area contributed by atoms with Crippen LogP contribution in [0.1, 0.15) is 18.9 Å². The molecule has 0 fully saturated rings. The van der Waals surface area contributed by atoms with Crippen LogP contribution in [0, 0.1) is 0 Å². The van der Waals surface area contributed by atoms with E-state index in [9.17, 15) is 4.79 Å². The molecule has 0 aliphatic carbocycles. The molecule has 0 aromatic heterocycles. The molecule has 1 aromatic carbocycles. The molecule has 16 heavy (non-hydrogen) atoms. The lowest BCUT2D eigenvalue weighted by Crippen LogP contribution is -2.06. The highest BCUT2D eigenvalue weighted by Gasteiger charge is 2.03. The minimum atomic E-state index is -0.334. The molecule has 0 bridgehead atoms. The first-order chi connectivity index (χ1) is 7.61. The van der Waals surface area contributed by atoms with Crippen molar-refractivity contribution in [3.05, 3.63) is 47.0 Å². The Kier molecular flexibility index (Phi) is 5.06. The van der Waals surface area contributed by atoms with Crippen LogP contribution in [0.4, 0.5) is 0 Å². The van der Waals surface area contributed by atoms with Gasteiger partial charge in [0.05, 0.1) is 6.61 Å². The van der Waals surface area contributed by atoms with Crippen LogP contribution in [0.3, 0.4) is 0 Å². The van der Waals surface area contributed by atoms with E-state index in [1.165, 1.54) is 0 Å². The standard InChI is InChI=1S/C13H15ClO2/c1-10(2)13(15)16-9-5-7-11-6-3-4-8-12(11)14/h3-4,6,8H,1,5,7,9H2,2H3. The Morgan fingerprint density at radius 2 is 2.12 bits per heavy atom. The second-order valence-corrected chi connectivity index (χ2v) is 4.02. The molecule has 86 valence electrons. The maximum atomic E-state index is 11.1. The zero-order chi connectivity index (χ0) is 12.0. The number of ether oxygens (including phenoxy) is 1. The summed E-state index contributed by atoms with van der Waals surface area (Å²) in [6.07, 6.45) is 1.58. The number of benzene rings is 1. The molecule has 2 nitrogen and oxygen atoms in total. The lowest BCUT2D eigenvalue weighted by molar-refractivity contribution is -0.139. The smallest absolute Gasteiger partial charge is 0.333 e. The fourth-order valence-corrected chi connectivity index (χ4v) is 1.48. The van der Waals surface area contributed by atoms with Crippen LogP contribution in [-0.2, 0) is 16.0 Å². The highest BCUT2D eigenvalue weighted by atomic mass is 35.5. The summed E-state index contributed by atoms with van der Waals surface area (Å²) in [5.41, 5.74) is 1.51. The van der Waals surface area contributed by atoms with E-state index in [0.717, 1.165) is 23.4 Å². The number of esters is 1. The van der Waals surface area contributed by atoms with Crippen molar-refractivity contribution in [1.82, 2.24) is 0 Å². The number of carbonyl (C=O) groups excluding carboxylic acids is 1. The van der Waals surface area contributed by atoms with E-state index in [1.807, 2.05) is 24.3 Å². The molecule has 0 amide bonds. The Hall–Kier alpha value is -1.28. The zero-order valence-electron chi connectivity index (χ0n) is 9.33. The van der Waals surface area contributed by atoms with Crippen LogP contribution in [0.2, 0.25) is 5.02 Å². The molecule has 0 aliphatic rings. The average molecular weight is 239 g/mol. The lowest BCUT2D eigenvalue weighted by Gasteiger charge is -2.05. The van der Waals surface area contributed by atoms with Crippen molar-refractivity contribution >= 4 is 17.6 Å². The average Bonchev–Trinajstić information content (AvgIpc) is 2.26. The van der Waals surface area contributed by atoms with E-state index >= 15 is 0 Å². The highest BCUT2D eigenvalue weighted by Crippen LogP contribution is 2.16. The van der Waals surface area contributed by atoms with Gasteiger partial charge in [0, 0.05) is 10.6 Å². The number of hydrogen-bond acceptors (Lipinski definition) is 2. The summed E-state index contributed by atoms with van der Waals surface area (Å²) < 4.78 is 4.98. The molecule has 1 rings (SSSR count). The normalized spacial score (nSPS) is 9.88. The summed E-state index contributed by atoms with van der Waals surface area (Å²) >= 11 is 5.99. The molecule has 0 unspecified atom stereocenters. The third-order valence-corrected chi connectivity index (χ3v) is 2.50. The largest absolute Gasteiger partial charge is 0.462 e. The highest BCUT2D eigenvalue weighted by molar-refractivity contribution is 6.31. The van der Waals surface area contributed by atoms with Gasteiger partial charge >= 0.3 is 5.97 Å². The molecule has 0 atom stereocenters. The Bertz CT molecular complexity index is 385. The van der Waals surface area contributed by atoms with Gasteiger partial charge in [-0.1, -0.05) is 36.4 Å². The van der Waals surface area contributed by atoms with Crippen molar-refractivity contribution in [3.63, 3.8) is 0 Å². The molecule has 0 heterocycles. The van der Waals surface area contributed by atoms with Crippen LogP contribution >= 0.6 is 11.6 Å². The molecule has 0 N–H and O–H groups in total. The van der Waals surface area contributed by atoms with E-state index in [0.29, 0.717) is 12.2 Å². The molecule has 0 aliphatic heterocycles. The SMILES string of the molecule is C=C(C)C(=O)OCCCc1ccccc1Cl. The topological polar surface area (TPSA) is 26.3 Å². The van der Waals surface area contributed by atoms with Crippen molar-refractivity contribution in [2.24, 2.45) is 0 Å². The molecule has 0 saturated heterocycles. The number of carbonyl (C=O) groups is 1. The molecular formula is C13H15ClO2. The Balaban J connectivity index is 2.29. The lowest BCUT2D eigenvalue weighted by atomic mass is 10.1. The van der Waals surface area contributed by atoms with Gasteiger partial charge in [-0.15, -0.1) is 0 Å². The molecule has 3 heteroatoms. The summed E-state index contributed by atoms with van der Waals surface area (Å²) in [5.74, 6) is -0.334. The van der Waals surface area contributed by atoms with E-state index < -0.39 is 0 Å². The van der Waals surface area contributed by atoms with Gasteiger partial charge in [-0.3, -0.25) is 0 Å². The number of hydrogen-bond donors (Lipinski definition) is 0. The van der Waals surface area contributed by atoms with Gasteiger partial charge in [0.1, 0.15) is 0 Å². The van der Waals surface area contributed by atoms with Crippen molar-refractivity contribution in [2.45, 2.75) is 19.8 Å². The second kappa shape index (κ2) is 6.33. The first-order valence-electron chi connectivity index (χ1n) is 5.17. The van der Waals surface area contributed by atoms with Crippen LogP contribution < -0.4 is 0 Å². The van der Waals surface area contributed by atoms with Gasteiger partial charge in [-0.05, 0) is 31.4 Å². The third-order valence-electron chi connectivity index (χ3n) is 2.13. The van der Waals surface area contributed by atoms with Crippen molar-refractivity contribution in [2.75, 3.05) is 6.61 Å². The minimum absolute atomic E-state index is 0.334. The summed E-state index contributed by atoms with van der Waals surface area (Å²) in [4.78, 5) is 11.1. The first kappa shape index (κ1) is 12.8. The van der Waals surface area contributed by atoms with E-state index in [2.05, 4.69) is 6.58 Å². The van der Waals surface area contributed by atoms with Gasteiger partial charge in [0.15, 0.2) is 0 Å². The Morgan fingerprint density at radius 3 is 2.75 bits per heavy atom. The van der Waals surface area contributed by atoms with Gasteiger partial charge < -0.3 is 4.74 Å². The quantitative estimate of drug-likeness (QED) is 0.447. The van der Waals surface area contributed by atoms with Gasteiger partial charge in [-0.2, -0.15) is 0 Å². The van der Waals surface area contributed by atoms with E-state index in [-0.39, 0.29) is 5.97 Å². The molecule has 1 aromatic rings. The minimum Gasteiger partial charge on any atom is -0.462 e. The van der Waals surface area contributed by atoms with Gasteiger partial charge in [0.25, 0.3) is 0 Å². The fraction of sp³-hybridized carbons (Fsp3) is 0.308. The summed E-state index contributed by atoms with van der Waals surface area (Å²) in [6, 6.07) is 7.67. The summed E-state index contributed by atoms with van der Waals surface area (Å²) in [6.45, 7) is 5.55.